The number of nitrogens with zero attached hydrogens (tertiary/aromatic N) is 1. The Balaban J connectivity index is 4.06. The molecule has 0 spiro atoms. The van der Waals surface area contributed by atoms with Crippen LogP contribution >= 0.6 is 0 Å². The largest absolute Gasteiger partial charge is 0.214 e. The predicted octanol–water partition coefficient (Wildman–Crippen LogP) is 1.50. The molecular formula is C10H20N2O2S. The molecule has 0 saturated carbocycles. The van der Waals surface area contributed by atoms with E-state index in [2.05, 4.69) is 4.72 Å². The lowest BCUT2D eigenvalue weighted by atomic mass is 9.94. The number of hydrogen-bond acceptors (Lipinski definition) is 3. The Kier molecular flexibility index (Phi) is 5.26. The SMILES string of the molecule is CC(C#N)CNS(=O)(=O)CCC(C)(C)C. The maximum atomic E-state index is 11.5. The van der Waals surface area contributed by atoms with Crippen molar-refractivity contribution < 1.29 is 8.42 Å². The first-order chi connectivity index (χ1) is 6.66. The van der Waals surface area contributed by atoms with Crippen LogP contribution in [0.4, 0.5) is 0 Å². The van der Waals surface area contributed by atoms with Crippen LogP contribution in [0.25, 0.3) is 0 Å². The lowest BCUT2D eigenvalue weighted by Crippen LogP contribution is -2.31. The van der Waals surface area contributed by atoms with Crippen molar-refractivity contribution in [3.8, 4) is 6.07 Å². The molecule has 0 heterocycles. The van der Waals surface area contributed by atoms with E-state index in [4.69, 9.17) is 5.26 Å². The number of rotatable bonds is 5. The molecule has 0 rings (SSSR count). The summed E-state index contributed by atoms with van der Waals surface area (Å²) in [6, 6.07) is 1.98. The number of hydrogen-bond donors (Lipinski definition) is 1. The summed E-state index contributed by atoms with van der Waals surface area (Å²) in [4.78, 5) is 0. The van der Waals surface area contributed by atoms with Gasteiger partial charge < -0.3 is 0 Å². The second-order valence-corrected chi connectivity index (χ2v) is 6.93. The first-order valence-electron chi connectivity index (χ1n) is 5.03. The highest BCUT2D eigenvalue weighted by molar-refractivity contribution is 7.89. The molecule has 0 radical (unpaired) electrons. The van der Waals surface area contributed by atoms with E-state index in [-0.39, 0.29) is 23.6 Å². The van der Waals surface area contributed by atoms with E-state index >= 15 is 0 Å². The van der Waals surface area contributed by atoms with Gasteiger partial charge in [-0.25, -0.2) is 13.1 Å². The summed E-state index contributed by atoms with van der Waals surface area (Å²) in [5.74, 6) is -0.163. The zero-order chi connectivity index (χ0) is 12.1. The van der Waals surface area contributed by atoms with Crippen LogP contribution in [0.15, 0.2) is 0 Å². The van der Waals surface area contributed by atoms with Crippen LogP contribution in [0, 0.1) is 22.7 Å². The van der Waals surface area contributed by atoms with Gasteiger partial charge in [0.15, 0.2) is 0 Å². The molecule has 0 aromatic heterocycles. The fourth-order valence-corrected chi connectivity index (χ4v) is 2.34. The molecule has 5 heteroatoms. The summed E-state index contributed by atoms with van der Waals surface area (Å²) >= 11 is 0. The molecule has 4 nitrogen and oxygen atoms in total. The standard InChI is InChI=1S/C10H20N2O2S/c1-9(7-11)8-12-15(13,14)6-5-10(2,3)4/h9,12H,5-6,8H2,1-4H3. The summed E-state index contributed by atoms with van der Waals surface area (Å²) < 4.78 is 25.4. The fraction of sp³-hybridized carbons (Fsp3) is 0.900. The molecular weight excluding hydrogens is 212 g/mol. The zero-order valence-electron chi connectivity index (χ0n) is 9.87. The van der Waals surface area contributed by atoms with Gasteiger partial charge in [-0.05, 0) is 18.8 Å². The van der Waals surface area contributed by atoms with Crippen molar-refractivity contribution >= 4 is 10.0 Å². The van der Waals surface area contributed by atoms with Gasteiger partial charge in [-0.1, -0.05) is 20.8 Å². The summed E-state index contributed by atoms with van der Waals surface area (Å²) in [6.07, 6.45) is 0.614. The van der Waals surface area contributed by atoms with Gasteiger partial charge in [-0.3, -0.25) is 0 Å². The topological polar surface area (TPSA) is 70.0 Å². The average Bonchev–Trinajstić information content (AvgIpc) is 2.10. The van der Waals surface area contributed by atoms with Crippen molar-refractivity contribution in [3.05, 3.63) is 0 Å². The molecule has 1 N–H and O–H groups in total. The van der Waals surface area contributed by atoms with Gasteiger partial charge in [0.1, 0.15) is 0 Å². The highest BCUT2D eigenvalue weighted by Gasteiger charge is 2.17. The maximum Gasteiger partial charge on any atom is 0.211 e. The van der Waals surface area contributed by atoms with Crippen molar-refractivity contribution in [1.82, 2.24) is 4.72 Å². The third-order valence-corrected chi connectivity index (χ3v) is 3.30. The molecule has 1 atom stereocenters. The normalized spacial score (nSPS) is 14.6. The maximum absolute atomic E-state index is 11.5. The molecule has 0 aliphatic heterocycles. The lowest BCUT2D eigenvalue weighted by Gasteiger charge is -2.18. The molecule has 0 aliphatic carbocycles. The van der Waals surface area contributed by atoms with E-state index in [9.17, 15) is 8.42 Å². The van der Waals surface area contributed by atoms with E-state index < -0.39 is 10.0 Å². The molecule has 0 aromatic carbocycles. The Morgan fingerprint density at radius 3 is 2.33 bits per heavy atom. The Morgan fingerprint density at radius 1 is 1.40 bits per heavy atom. The highest BCUT2D eigenvalue weighted by Crippen LogP contribution is 2.18. The molecule has 0 bridgehead atoms. The van der Waals surface area contributed by atoms with Crippen LogP contribution in [0.2, 0.25) is 0 Å². The summed E-state index contributed by atoms with van der Waals surface area (Å²) in [5, 5.41) is 8.51. The van der Waals surface area contributed by atoms with Crippen LogP contribution in [-0.2, 0) is 10.0 Å². The molecule has 0 aliphatic rings. The summed E-state index contributed by atoms with van der Waals surface area (Å²) in [5.41, 5.74) is 0.00952. The van der Waals surface area contributed by atoms with Crippen molar-refractivity contribution in [2.45, 2.75) is 34.1 Å². The quantitative estimate of drug-likeness (QED) is 0.781. The van der Waals surface area contributed by atoms with Gasteiger partial charge in [0.2, 0.25) is 10.0 Å². The molecule has 0 aromatic rings. The molecule has 15 heavy (non-hydrogen) atoms. The van der Waals surface area contributed by atoms with Crippen molar-refractivity contribution in [1.29, 1.82) is 5.26 Å². The lowest BCUT2D eigenvalue weighted by molar-refractivity contribution is 0.396. The number of sulfonamides is 1. The van der Waals surface area contributed by atoms with Crippen LogP contribution < -0.4 is 4.72 Å². The molecule has 0 amide bonds. The Hall–Kier alpha value is -0.600. The molecule has 0 fully saturated rings. The third kappa shape index (κ3) is 8.40. The second-order valence-electron chi connectivity index (χ2n) is 5.01. The van der Waals surface area contributed by atoms with Crippen LogP contribution in [-0.4, -0.2) is 20.7 Å². The zero-order valence-corrected chi connectivity index (χ0v) is 10.7. The monoisotopic (exact) mass is 232 g/mol. The molecule has 1 unspecified atom stereocenters. The molecule has 0 saturated heterocycles. The minimum Gasteiger partial charge on any atom is -0.214 e. The van der Waals surface area contributed by atoms with Gasteiger partial charge in [-0.15, -0.1) is 0 Å². The fourth-order valence-electron chi connectivity index (χ4n) is 0.810. The van der Waals surface area contributed by atoms with Crippen LogP contribution in [0.3, 0.4) is 0 Å². The number of nitrogens with one attached hydrogen (secondary N) is 1. The number of nitriles is 1. The van der Waals surface area contributed by atoms with Gasteiger partial charge in [-0.2, -0.15) is 5.26 Å². The second kappa shape index (κ2) is 5.47. The van der Waals surface area contributed by atoms with E-state index in [1.165, 1.54) is 0 Å². The van der Waals surface area contributed by atoms with Gasteiger partial charge in [0.05, 0.1) is 17.7 Å². The van der Waals surface area contributed by atoms with Crippen molar-refractivity contribution in [2.24, 2.45) is 11.3 Å². The summed E-state index contributed by atoms with van der Waals surface area (Å²) in [7, 11) is -3.22. The first-order valence-corrected chi connectivity index (χ1v) is 6.68. The summed E-state index contributed by atoms with van der Waals surface area (Å²) in [6.45, 7) is 7.89. The van der Waals surface area contributed by atoms with E-state index in [1.807, 2.05) is 26.8 Å². The first kappa shape index (κ1) is 14.4. The van der Waals surface area contributed by atoms with Crippen LogP contribution in [0.5, 0.6) is 0 Å². The van der Waals surface area contributed by atoms with Gasteiger partial charge >= 0.3 is 0 Å². The third-order valence-electron chi connectivity index (χ3n) is 1.95. The predicted molar refractivity (Wildman–Crippen MR) is 60.6 cm³/mol. The minimum atomic E-state index is -3.22. The highest BCUT2D eigenvalue weighted by atomic mass is 32.2. The van der Waals surface area contributed by atoms with Gasteiger partial charge in [0, 0.05) is 6.54 Å². The Bertz CT molecular complexity index is 322. The van der Waals surface area contributed by atoms with Gasteiger partial charge in [0.25, 0.3) is 0 Å². The van der Waals surface area contributed by atoms with E-state index in [1.54, 1.807) is 6.92 Å². The minimum absolute atomic E-state index is 0.00952. The van der Waals surface area contributed by atoms with E-state index in [0.29, 0.717) is 6.42 Å². The molecule has 88 valence electrons. The smallest absolute Gasteiger partial charge is 0.211 e. The average molecular weight is 232 g/mol. The van der Waals surface area contributed by atoms with Crippen molar-refractivity contribution in [2.75, 3.05) is 12.3 Å². The van der Waals surface area contributed by atoms with E-state index in [0.717, 1.165) is 0 Å². The van der Waals surface area contributed by atoms with Crippen LogP contribution in [0.1, 0.15) is 34.1 Å². The van der Waals surface area contributed by atoms with Crippen molar-refractivity contribution in [3.63, 3.8) is 0 Å². The Morgan fingerprint density at radius 2 is 1.93 bits per heavy atom. The Labute approximate surface area is 92.7 Å².